The molecule has 0 atom stereocenters. The zero-order chi connectivity index (χ0) is 0. The molecular formula is H4BaCaOSr. The van der Waals surface area contributed by atoms with E-state index in [0.29, 0.717) is 0 Å². The van der Waals surface area contributed by atoms with Crippen LogP contribution < -0.4 is 0 Å². The second kappa shape index (κ2) is 15.7. The molecular weight excluding hydrogens is 281 g/mol. The molecule has 0 aromatic heterocycles. The van der Waals surface area contributed by atoms with Crippen LogP contribution in [0, 0.1) is 0 Å². The summed E-state index contributed by atoms with van der Waals surface area (Å²) in [6.07, 6.45) is 0. The van der Waals surface area contributed by atoms with Crippen molar-refractivity contribution in [3.8, 4) is 0 Å². The van der Waals surface area contributed by atoms with E-state index in [0.717, 1.165) is 0 Å². The van der Waals surface area contributed by atoms with Crippen LogP contribution in [0.1, 0.15) is 0 Å². The van der Waals surface area contributed by atoms with E-state index in [1.807, 2.05) is 0 Å². The molecule has 0 radical (unpaired) electrons. The molecule has 4 heteroatoms. The van der Waals surface area contributed by atoms with Gasteiger partial charge >= 0.3 is 132 Å². The van der Waals surface area contributed by atoms with Gasteiger partial charge in [-0.2, -0.15) is 0 Å². The van der Waals surface area contributed by atoms with Gasteiger partial charge in [0.2, 0.25) is 0 Å². The summed E-state index contributed by atoms with van der Waals surface area (Å²) in [5.41, 5.74) is 0. The Morgan fingerprint density at radius 2 is 1.00 bits per heavy atom. The molecule has 0 rings (SSSR count). The summed E-state index contributed by atoms with van der Waals surface area (Å²) in [5.74, 6) is 0. The molecule has 0 unspecified atom stereocenters. The van der Waals surface area contributed by atoms with Crippen molar-refractivity contribution in [2.75, 3.05) is 0 Å². The van der Waals surface area contributed by atoms with Crippen molar-refractivity contribution >= 4 is 132 Å². The minimum Gasteiger partial charge on any atom is -2.00 e. The Hall–Kier alpha value is 4.27. The Bertz CT molecular complexity index is 8.00. The van der Waals surface area contributed by atoms with Gasteiger partial charge in [-0.05, 0) is 0 Å². The second-order valence-corrected chi connectivity index (χ2v) is 0. The first-order valence-electron chi connectivity index (χ1n) is 0. The van der Waals surface area contributed by atoms with Gasteiger partial charge in [-0.1, -0.05) is 0 Å². The van der Waals surface area contributed by atoms with Crippen LogP contribution in [0.2, 0.25) is 0 Å². The van der Waals surface area contributed by atoms with E-state index in [-0.39, 0.29) is 138 Å². The second-order valence-electron chi connectivity index (χ2n) is 0. The molecule has 0 aliphatic carbocycles. The monoisotopic (exact) mass is 286 g/mol. The number of rotatable bonds is 0. The molecule has 0 aliphatic rings. The standard InChI is InChI=1S/Ba.Ca.O.Sr.4H/q;;-2;+2;;;;. The van der Waals surface area contributed by atoms with Crippen LogP contribution in [-0.4, -0.2) is 132 Å². The first kappa shape index (κ1) is 24.0. The first-order chi connectivity index (χ1) is 0. The predicted molar refractivity (Wildman–Crippen MR) is 23.5 cm³/mol. The maximum absolute atomic E-state index is 0. The normalized spacial score (nSPS) is 0. The zero-order valence-corrected chi connectivity index (χ0v) is 4.59. The van der Waals surface area contributed by atoms with E-state index < -0.39 is 0 Å². The first-order valence-corrected chi connectivity index (χ1v) is 0. The zero-order valence-electron chi connectivity index (χ0n) is 1.12. The smallest absolute Gasteiger partial charge is 2.00 e. The van der Waals surface area contributed by atoms with Gasteiger partial charge in [0.05, 0.1) is 0 Å². The third-order valence-electron chi connectivity index (χ3n) is 0. The SMILES string of the molecule is [BaH2].[CaH2].[O-2].[Sr+2]. The van der Waals surface area contributed by atoms with Crippen molar-refractivity contribution in [2.45, 2.75) is 0 Å². The fourth-order valence-corrected chi connectivity index (χ4v) is 0. The third-order valence-corrected chi connectivity index (χ3v) is 0. The predicted octanol–water partition coefficient (Wildman–Crippen LogP) is -2.33. The Morgan fingerprint density at radius 1 is 1.00 bits per heavy atom. The summed E-state index contributed by atoms with van der Waals surface area (Å²) in [7, 11) is 0. The summed E-state index contributed by atoms with van der Waals surface area (Å²) in [4.78, 5) is 0. The van der Waals surface area contributed by atoms with Crippen molar-refractivity contribution in [3.05, 3.63) is 0 Å². The molecule has 0 amide bonds. The molecule has 0 fully saturated rings. The summed E-state index contributed by atoms with van der Waals surface area (Å²) in [6.45, 7) is 0. The van der Waals surface area contributed by atoms with Crippen LogP contribution in [0.3, 0.4) is 0 Å². The Labute approximate surface area is 133 Å². The number of hydrogen-bond donors (Lipinski definition) is 0. The molecule has 0 aromatic carbocycles. The van der Waals surface area contributed by atoms with Gasteiger partial charge in [0.1, 0.15) is 0 Å². The summed E-state index contributed by atoms with van der Waals surface area (Å²) in [5, 5.41) is 0. The molecule has 0 aromatic rings. The van der Waals surface area contributed by atoms with Crippen LogP contribution in [0.5, 0.6) is 0 Å². The van der Waals surface area contributed by atoms with Crippen molar-refractivity contribution in [1.82, 2.24) is 0 Å². The van der Waals surface area contributed by atoms with Gasteiger partial charge in [0.15, 0.2) is 0 Å². The van der Waals surface area contributed by atoms with Crippen LogP contribution in [-0.2, 0) is 5.48 Å². The van der Waals surface area contributed by atoms with Gasteiger partial charge < -0.3 is 5.48 Å². The minimum atomic E-state index is 0. The molecule has 0 bridgehead atoms. The van der Waals surface area contributed by atoms with Crippen molar-refractivity contribution in [1.29, 1.82) is 0 Å². The van der Waals surface area contributed by atoms with E-state index in [1.54, 1.807) is 0 Å². The summed E-state index contributed by atoms with van der Waals surface area (Å²) >= 11 is 0. The molecule has 0 aliphatic heterocycles. The maximum atomic E-state index is 0. The van der Waals surface area contributed by atoms with Gasteiger partial charge in [0.25, 0.3) is 0 Å². The molecule has 1 nitrogen and oxygen atoms in total. The van der Waals surface area contributed by atoms with Gasteiger partial charge in [-0.3, -0.25) is 0 Å². The average Bonchev–Trinajstić information content (AvgIpc) is 0. The minimum absolute atomic E-state index is 0. The van der Waals surface area contributed by atoms with E-state index in [9.17, 15) is 0 Å². The molecule has 0 spiro atoms. The molecule has 4 heavy (non-hydrogen) atoms. The molecule has 16 valence electrons. The molecule has 0 N–H and O–H groups in total. The van der Waals surface area contributed by atoms with Crippen molar-refractivity contribution in [2.24, 2.45) is 0 Å². The van der Waals surface area contributed by atoms with Crippen LogP contribution in [0.25, 0.3) is 0 Å². The van der Waals surface area contributed by atoms with Crippen molar-refractivity contribution in [3.63, 3.8) is 0 Å². The molecule has 0 heterocycles. The van der Waals surface area contributed by atoms with Crippen molar-refractivity contribution < 1.29 is 5.48 Å². The Morgan fingerprint density at radius 3 is 1.00 bits per heavy atom. The van der Waals surface area contributed by atoms with Crippen LogP contribution in [0.4, 0.5) is 0 Å². The Kier molecular flexibility index (Phi) is 93.9. The van der Waals surface area contributed by atoms with E-state index in [4.69, 9.17) is 0 Å². The van der Waals surface area contributed by atoms with Gasteiger partial charge in [0, 0.05) is 0 Å². The van der Waals surface area contributed by atoms with Crippen LogP contribution in [0.15, 0.2) is 0 Å². The average molecular weight is 285 g/mol. The summed E-state index contributed by atoms with van der Waals surface area (Å²) < 4.78 is 0. The van der Waals surface area contributed by atoms with Gasteiger partial charge in [-0.15, -0.1) is 0 Å². The fourth-order valence-electron chi connectivity index (χ4n) is 0. The Balaban J connectivity index is 0. The third kappa shape index (κ3) is 9.55. The molecule has 0 saturated carbocycles. The van der Waals surface area contributed by atoms with E-state index in [1.165, 1.54) is 0 Å². The molecule has 0 saturated heterocycles. The van der Waals surface area contributed by atoms with Crippen LogP contribution >= 0.6 is 0 Å². The number of hydrogen-bond acceptors (Lipinski definition) is 0. The quantitative estimate of drug-likeness (QED) is 0.447. The van der Waals surface area contributed by atoms with E-state index in [2.05, 4.69) is 0 Å². The topological polar surface area (TPSA) is 28.5 Å². The maximum Gasteiger partial charge on any atom is 2.00 e. The summed E-state index contributed by atoms with van der Waals surface area (Å²) in [6, 6.07) is 0. The van der Waals surface area contributed by atoms with E-state index >= 15 is 0 Å². The fraction of sp³-hybridized carbons (Fsp3) is 0. The largest absolute Gasteiger partial charge is 2.00 e. The van der Waals surface area contributed by atoms with Gasteiger partial charge in [-0.25, -0.2) is 0 Å².